The number of benzene rings is 1. The van der Waals surface area contributed by atoms with Gasteiger partial charge in [-0.1, -0.05) is 23.7 Å². The van der Waals surface area contributed by atoms with E-state index < -0.39 is 0 Å². The zero-order chi connectivity index (χ0) is 17.6. The van der Waals surface area contributed by atoms with Crippen LogP contribution < -0.4 is 5.32 Å². The molecule has 5 nitrogen and oxygen atoms in total. The molecule has 6 heteroatoms. The number of aliphatic hydroxyl groups excluding tert-OH is 1. The molecule has 0 aliphatic carbocycles. The molecular formula is C19H27ClN4O. The molecule has 136 valence electrons. The van der Waals surface area contributed by atoms with Crippen LogP contribution in [-0.2, 0) is 19.6 Å². The fourth-order valence-electron chi connectivity index (χ4n) is 3.30. The molecule has 1 aromatic heterocycles. The van der Waals surface area contributed by atoms with E-state index in [0.717, 1.165) is 56.4 Å². The van der Waals surface area contributed by atoms with Gasteiger partial charge in [0.25, 0.3) is 0 Å². The van der Waals surface area contributed by atoms with Gasteiger partial charge in [0.2, 0.25) is 0 Å². The number of hydrogen-bond acceptors (Lipinski definition) is 4. The highest BCUT2D eigenvalue weighted by molar-refractivity contribution is 6.30. The fourth-order valence-corrected chi connectivity index (χ4v) is 3.43. The number of aromatic nitrogens is 2. The SMILES string of the molecule is Cc1nn(CCN2CCC(CO)C2)cc1CNCc1ccc(Cl)cc1. The molecule has 1 aliphatic heterocycles. The zero-order valence-electron chi connectivity index (χ0n) is 14.8. The van der Waals surface area contributed by atoms with Gasteiger partial charge < -0.3 is 15.3 Å². The first-order chi connectivity index (χ1) is 12.1. The standard InChI is InChI=1S/C19H27ClN4O/c1-15-18(11-21-10-16-2-4-19(20)5-3-16)13-24(22-15)9-8-23-7-6-17(12-23)14-25/h2-5,13,17,21,25H,6-12,14H2,1H3. The smallest absolute Gasteiger partial charge is 0.0638 e. The predicted molar refractivity (Wildman–Crippen MR) is 101 cm³/mol. The van der Waals surface area contributed by atoms with Crippen molar-refractivity contribution >= 4 is 11.6 Å². The van der Waals surface area contributed by atoms with E-state index in [-0.39, 0.29) is 0 Å². The van der Waals surface area contributed by atoms with Gasteiger partial charge in [0.1, 0.15) is 0 Å². The topological polar surface area (TPSA) is 53.3 Å². The number of nitrogens with one attached hydrogen (secondary N) is 1. The van der Waals surface area contributed by atoms with E-state index >= 15 is 0 Å². The van der Waals surface area contributed by atoms with Crippen molar-refractivity contribution in [3.8, 4) is 0 Å². The summed E-state index contributed by atoms with van der Waals surface area (Å²) >= 11 is 5.91. The highest BCUT2D eigenvalue weighted by atomic mass is 35.5. The van der Waals surface area contributed by atoms with Crippen molar-refractivity contribution in [2.75, 3.05) is 26.2 Å². The van der Waals surface area contributed by atoms with Crippen LogP contribution in [0.15, 0.2) is 30.5 Å². The maximum absolute atomic E-state index is 9.23. The van der Waals surface area contributed by atoms with Crippen LogP contribution in [0, 0.1) is 12.8 Å². The van der Waals surface area contributed by atoms with Crippen molar-refractivity contribution in [1.29, 1.82) is 0 Å². The van der Waals surface area contributed by atoms with Crippen molar-refractivity contribution in [3.63, 3.8) is 0 Å². The van der Waals surface area contributed by atoms with E-state index in [1.54, 1.807) is 0 Å². The molecule has 1 saturated heterocycles. The molecule has 0 amide bonds. The second kappa shape index (κ2) is 8.81. The number of hydrogen-bond donors (Lipinski definition) is 2. The molecule has 0 bridgehead atoms. The van der Waals surface area contributed by atoms with Gasteiger partial charge in [-0.2, -0.15) is 5.10 Å². The lowest BCUT2D eigenvalue weighted by Gasteiger charge is -2.15. The first-order valence-electron chi connectivity index (χ1n) is 8.95. The summed E-state index contributed by atoms with van der Waals surface area (Å²) in [6, 6.07) is 7.92. The Morgan fingerprint density at radius 3 is 2.76 bits per heavy atom. The molecule has 2 aromatic rings. The molecule has 25 heavy (non-hydrogen) atoms. The van der Waals surface area contributed by atoms with Crippen molar-refractivity contribution in [2.24, 2.45) is 5.92 Å². The lowest BCUT2D eigenvalue weighted by molar-refractivity contribution is 0.219. The number of aliphatic hydroxyl groups is 1. The third-order valence-corrected chi connectivity index (χ3v) is 5.13. The van der Waals surface area contributed by atoms with Crippen LogP contribution in [0.5, 0.6) is 0 Å². The Morgan fingerprint density at radius 1 is 1.24 bits per heavy atom. The molecule has 1 aliphatic rings. The maximum Gasteiger partial charge on any atom is 0.0638 e. The van der Waals surface area contributed by atoms with Gasteiger partial charge in [-0.25, -0.2) is 0 Å². The van der Waals surface area contributed by atoms with Crippen molar-refractivity contribution < 1.29 is 5.11 Å². The molecule has 1 aromatic carbocycles. The fraction of sp³-hybridized carbons (Fsp3) is 0.526. The molecule has 0 saturated carbocycles. The molecule has 1 fully saturated rings. The van der Waals surface area contributed by atoms with Crippen molar-refractivity contribution in [2.45, 2.75) is 33.0 Å². The van der Waals surface area contributed by atoms with Crippen LogP contribution in [-0.4, -0.2) is 46.0 Å². The Bertz CT molecular complexity index is 671. The van der Waals surface area contributed by atoms with Gasteiger partial charge in [0.15, 0.2) is 0 Å². The first kappa shape index (κ1) is 18.4. The Hall–Kier alpha value is -1.40. The maximum atomic E-state index is 9.23. The number of rotatable bonds is 8. The average Bonchev–Trinajstić information content (AvgIpc) is 3.21. The van der Waals surface area contributed by atoms with Gasteiger partial charge in [-0.3, -0.25) is 4.68 Å². The lowest BCUT2D eigenvalue weighted by Crippen LogP contribution is -2.26. The summed E-state index contributed by atoms with van der Waals surface area (Å²) in [7, 11) is 0. The van der Waals surface area contributed by atoms with Crippen molar-refractivity contribution in [3.05, 3.63) is 52.3 Å². The minimum Gasteiger partial charge on any atom is -0.396 e. The number of aryl methyl sites for hydroxylation is 1. The first-order valence-corrected chi connectivity index (χ1v) is 9.33. The largest absolute Gasteiger partial charge is 0.396 e. The minimum atomic E-state index is 0.306. The van der Waals surface area contributed by atoms with Crippen LogP contribution in [0.4, 0.5) is 0 Å². The van der Waals surface area contributed by atoms with Gasteiger partial charge >= 0.3 is 0 Å². The van der Waals surface area contributed by atoms with E-state index in [1.807, 2.05) is 28.9 Å². The zero-order valence-corrected chi connectivity index (χ0v) is 15.5. The lowest BCUT2D eigenvalue weighted by atomic mass is 10.1. The van der Waals surface area contributed by atoms with Crippen LogP contribution in [0.25, 0.3) is 0 Å². The Balaban J connectivity index is 1.44. The quantitative estimate of drug-likeness (QED) is 0.757. The summed E-state index contributed by atoms with van der Waals surface area (Å²) < 4.78 is 2.04. The molecule has 0 spiro atoms. The molecule has 2 heterocycles. The summed E-state index contributed by atoms with van der Waals surface area (Å²) in [6.45, 7) is 7.98. The van der Waals surface area contributed by atoms with Crippen LogP contribution >= 0.6 is 11.6 Å². The van der Waals surface area contributed by atoms with Gasteiger partial charge in [0, 0.05) is 49.6 Å². The summed E-state index contributed by atoms with van der Waals surface area (Å²) in [5.41, 5.74) is 3.55. The van der Waals surface area contributed by atoms with Crippen LogP contribution in [0.3, 0.4) is 0 Å². The normalized spacial score (nSPS) is 18.1. The van der Waals surface area contributed by atoms with Gasteiger partial charge in [-0.05, 0) is 43.5 Å². The monoisotopic (exact) mass is 362 g/mol. The van der Waals surface area contributed by atoms with E-state index in [9.17, 15) is 5.11 Å². The number of halogens is 1. The second-order valence-electron chi connectivity index (χ2n) is 6.87. The summed E-state index contributed by atoms with van der Waals surface area (Å²) in [5, 5.41) is 18.1. The Kier molecular flexibility index (Phi) is 6.48. The third-order valence-electron chi connectivity index (χ3n) is 4.88. The average molecular weight is 363 g/mol. The predicted octanol–water partition coefficient (Wildman–Crippen LogP) is 2.45. The van der Waals surface area contributed by atoms with E-state index in [0.29, 0.717) is 12.5 Å². The number of nitrogens with zero attached hydrogens (tertiary/aromatic N) is 3. The Morgan fingerprint density at radius 2 is 2.04 bits per heavy atom. The van der Waals surface area contributed by atoms with E-state index in [2.05, 4.69) is 28.4 Å². The summed E-state index contributed by atoms with van der Waals surface area (Å²) in [6.07, 6.45) is 3.25. The highest BCUT2D eigenvalue weighted by Gasteiger charge is 2.21. The second-order valence-corrected chi connectivity index (χ2v) is 7.31. The van der Waals surface area contributed by atoms with Gasteiger partial charge in [0.05, 0.1) is 12.2 Å². The van der Waals surface area contributed by atoms with Gasteiger partial charge in [-0.15, -0.1) is 0 Å². The minimum absolute atomic E-state index is 0.306. The Labute approximate surface area is 154 Å². The van der Waals surface area contributed by atoms with Crippen LogP contribution in [0.2, 0.25) is 5.02 Å². The molecule has 1 atom stereocenters. The van der Waals surface area contributed by atoms with E-state index in [4.69, 9.17) is 11.6 Å². The molecule has 3 rings (SSSR count). The third kappa shape index (κ3) is 5.28. The molecule has 0 radical (unpaired) electrons. The highest BCUT2D eigenvalue weighted by Crippen LogP contribution is 2.15. The molecular weight excluding hydrogens is 336 g/mol. The number of likely N-dealkylation sites (tertiary alicyclic amines) is 1. The van der Waals surface area contributed by atoms with Crippen molar-refractivity contribution in [1.82, 2.24) is 20.0 Å². The summed E-state index contributed by atoms with van der Waals surface area (Å²) in [4.78, 5) is 2.41. The molecule has 1 unspecified atom stereocenters. The summed E-state index contributed by atoms with van der Waals surface area (Å²) in [5.74, 6) is 0.451. The van der Waals surface area contributed by atoms with Crippen LogP contribution in [0.1, 0.15) is 23.2 Å². The van der Waals surface area contributed by atoms with E-state index in [1.165, 1.54) is 11.1 Å². The molecule has 2 N–H and O–H groups in total.